The number of ether oxygens (including phenoxy) is 1. The molecule has 0 unspecified atom stereocenters. The van der Waals surface area contributed by atoms with Crippen LogP contribution in [0.2, 0.25) is 0 Å². The van der Waals surface area contributed by atoms with Crippen LogP contribution in [0.15, 0.2) is 42.9 Å². The van der Waals surface area contributed by atoms with E-state index in [0.29, 0.717) is 0 Å². The van der Waals surface area contributed by atoms with Crippen molar-refractivity contribution in [3.05, 3.63) is 59.8 Å². The molecule has 1 fully saturated rings. The van der Waals surface area contributed by atoms with Gasteiger partial charge in [-0.05, 0) is 25.0 Å². The number of carbonyl (C=O) groups excluding carboxylic acids is 1. The third-order valence-electron chi connectivity index (χ3n) is 5.86. The van der Waals surface area contributed by atoms with Crippen LogP contribution in [0.4, 0.5) is 13.2 Å². The van der Waals surface area contributed by atoms with Crippen LogP contribution in [0, 0.1) is 0 Å². The molecule has 1 aliphatic rings. The zero-order valence-corrected chi connectivity index (χ0v) is 18.0. The van der Waals surface area contributed by atoms with Crippen LogP contribution < -0.4 is 10.1 Å². The number of rotatable bonds is 6. The number of hydrogen-bond acceptors (Lipinski definition) is 6. The second-order valence-electron chi connectivity index (χ2n) is 7.97. The van der Waals surface area contributed by atoms with E-state index in [4.69, 9.17) is 4.74 Å². The number of halogens is 3. The smallest absolute Gasteiger partial charge is 0.435 e. The minimum atomic E-state index is -4.83. The Morgan fingerprint density at radius 1 is 1.15 bits per heavy atom. The van der Waals surface area contributed by atoms with Crippen molar-refractivity contribution < 1.29 is 22.7 Å². The number of hydrogen-bond donors (Lipinski definition) is 1. The van der Waals surface area contributed by atoms with Gasteiger partial charge in [-0.15, -0.1) is 0 Å². The van der Waals surface area contributed by atoms with Crippen molar-refractivity contribution in [2.24, 2.45) is 0 Å². The highest BCUT2D eigenvalue weighted by molar-refractivity contribution is 5.95. The maximum absolute atomic E-state index is 13.7. The van der Waals surface area contributed by atoms with E-state index in [1.807, 2.05) is 18.2 Å². The van der Waals surface area contributed by atoms with Crippen LogP contribution in [-0.2, 0) is 11.6 Å². The van der Waals surface area contributed by atoms with E-state index in [-0.39, 0.29) is 18.4 Å². The summed E-state index contributed by atoms with van der Waals surface area (Å²) in [5.41, 5.74) is -1.48. The van der Waals surface area contributed by atoms with Crippen LogP contribution in [0.5, 0.6) is 5.88 Å². The molecule has 1 amide bonds. The Morgan fingerprint density at radius 3 is 2.61 bits per heavy atom. The van der Waals surface area contributed by atoms with Crippen LogP contribution in [-0.4, -0.2) is 44.3 Å². The number of nitrogens with zero attached hydrogens (tertiary/aromatic N) is 5. The van der Waals surface area contributed by atoms with Crippen LogP contribution >= 0.6 is 0 Å². The van der Waals surface area contributed by atoms with Gasteiger partial charge in [-0.2, -0.15) is 23.3 Å². The van der Waals surface area contributed by atoms with Crippen molar-refractivity contribution in [2.45, 2.75) is 43.7 Å². The molecule has 0 aliphatic heterocycles. The largest absolute Gasteiger partial charge is 0.481 e. The minimum absolute atomic E-state index is 0.142. The third-order valence-corrected chi connectivity index (χ3v) is 5.86. The topological polar surface area (TPSA) is 94.8 Å². The third kappa shape index (κ3) is 4.81. The van der Waals surface area contributed by atoms with E-state index in [1.54, 1.807) is 6.20 Å². The Labute approximate surface area is 188 Å². The van der Waals surface area contributed by atoms with Crippen molar-refractivity contribution in [1.82, 2.24) is 30.0 Å². The first-order chi connectivity index (χ1) is 15.8. The summed E-state index contributed by atoms with van der Waals surface area (Å²) in [6.07, 6.45) is 3.77. The number of methoxy groups -OCH3 is 1. The summed E-state index contributed by atoms with van der Waals surface area (Å²) in [7, 11) is 1.37. The molecule has 3 heterocycles. The number of nitrogens with one attached hydrogen (secondary N) is 1. The highest BCUT2D eigenvalue weighted by Gasteiger charge is 2.41. The number of carbonyl (C=O) groups is 1. The Bertz CT molecular complexity index is 1110. The van der Waals surface area contributed by atoms with Crippen molar-refractivity contribution in [2.75, 3.05) is 13.7 Å². The first-order valence-corrected chi connectivity index (χ1v) is 10.6. The SMILES string of the molecule is COc1ccnc(-n2cc(C(=O)NCC3(c4ccccn4)CCCCC3)c(C(F)(F)F)n2)n1. The van der Waals surface area contributed by atoms with E-state index < -0.39 is 28.8 Å². The van der Waals surface area contributed by atoms with Gasteiger partial charge in [-0.1, -0.05) is 25.3 Å². The van der Waals surface area contributed by atoms with Crippen LogP contribution in [0.25, 0.3) is 5.95 Å². The summed E-state index contributed by atoms with van der Waals surface area (Å²) in [6.45, 7) is 0.182. The highest BCUT2D eigenvalue weighted by Crippen LogP contribution is 2.38. The first kappa shape index (κ1) is 22.7. The molecule has 11 heteroatoms. The Kier molecular flexibility index (Phi) is 6.30. The standard InChI is InChI=1S/C22H23F3N6O2/c1-33-17-8-12-27-20(29-17)31-13-15(18(30-31)22(23,24)25)19(32)28-14-21(9-4-2-5-10-21)16-7-3-6-11-26-16/h3,6-8,11-13H,2,4-5,9-10,14H2,1H3,(H,28,32). The van der Waals surface area contributed by atoms with Gasteiger partial charge in [0.25, 0.3) is 11.9 Å². The quantitative estimate of drug-likeness (QED) is 0.603. The Hall–Kier alpha value is -3.50. The van der Waals surface area contributed by atoms with Gasteiger partial charge in [0.05, 0.1) is 12.7 Å². The van der Waals surface area contributed by atoms with E-state index >= 15 is 0 Å². The number of pyridine rings is 1. The molecular weight excluding hydrogens is 437 g/mol. The average Bonchev–Trinajstić information content (AvgIpc) is 3.30. The van der Waals surface area contributed by atoms with Gasteiger partial charge in [0, 0.05) is 42.3 Å². The van der Waals surface area contributed by atoms with E-state index in [0.717, 1.165) is 48.7 Å². The molecule has 174 valence electrons. The van der Waals surface area contributed by atoms with Crippen molar-refractivity contribution >= 4 is 5.91 Å². The summed E-state index contributed by atoms with van der Waals surface area (Å²) < 4.78 is 46.9. The molecule has 1 aliphatic carbocycles. The van der Waals surface area contributed by atoms with Crippen molar-refractivity contribution in [3.8, 4) is 11.8 Å². The van der Waals surface area contributed by atoms with Gasteiger partial charge in [0.15, 0.2) is 5.69 Å². The zero-order valence-electron chi connectivity index (χ0n) is 18.0. The van der Waals surface area contributed by atoms with Crippen molar-refractivity contribution in [3.63, 3.8) is 0 Å². The minimum Gasteiger partial charge on any atom is -0.481 e. The van der Waals surface area contributed by atoms with Gasteiger partial charge < -0.3 is 10.1 Å². The summed E-state index contributed by atoms with van der Waals surface area (Å²) in [6, 6.07) is 7.03. The lowest BCUT2D eigenvalue weighted by atomic mass is 9.71. The molecule has 3 aromatic heterocycles. The predicted octanol–water partition coefficient (Wildman–Crippen LogP) is 3.72. The Morgan fingerprint density at radius 2 is 1.94 bits per heavy atom. The normalized spacial score (nSPS) is 15.8. The lowest BCUT2D eigenvalue weighted by molar-refractivity contribution is -0.141. The monoisotopic (exact) mass is 460 g/mol. The molecule has 0 radical (unpaired) electrons. The van der Waals surface area contributed by atoms with Crippen LogP contribution in [0.3, 0.4) is 0 Å². The van der Waals surface area contributed by atoms with Gasteiger partial charge in [0.2, 0.25) is 5.88 Å². The van der Waals surface area contributed by atoms with Gasteiger partial charge in [-0.3, -0.25) is 9.78 Å². The summed E-state index contributed by atoms with van der Waals surface area (Å²) in [5, 5.41) is 6.27. The number of alkyl halides is 3. The number of amides is 1. The molecule has 33 heavy (non-hydrogen) atoms. The molecule has 0 spiro atoms. The van der Waals surface area contributed by atoms with Crippen molar-refractivity contribution in [1.29, 1.82) is 0 Å². The second-order valence-corrected chi connectivity index (χ2v) is 7.97. The maximum atomic E-state index is 13.7. The predicted molar refractivity (Wildman–Crippen MR) is 112 cm³/mol. The maximum Gasteiger partial charge on any atom is 0.435 e. The van der Waals surface area contributed by atoms with Gasteiger partial charge in [0.1, 0.15) is 0 Å². The molecule has 4 rings (SSSR count). The molecule has 1 saturated carbocycles. The van der Waals surface area contributed by atoms with E-state index in [1.165, 1.54) is 19.4 Å². The first-order valence-electron chi connectivity index (χ1n) is 10.6. The van der Waals surface area contributed by atoms with E-state index in [2.05, 4.69) is 25.4 Å². The average molecular weight is 460 g/mol. The molecule has 8 nitrogen and oxygen atoms in total. The molecule has 0 atom stereocenters. The van der Waals surface area contributed by atoms with E-state index in [9.17, 15) is 18.0 Å². The molecule has 0 saturated heterocycles. The number of aromatic nitrogens is 5. The molecule has 0 bridgehead atoms. The summed E-state index contributed by atoms with van der Waals surface area (Å²) in [4.78, 5) is 25.3. The fourth-order valence-corrected chi connectivity index (χ4v) is 4.18. The van der Waals surface area contributed by atoms with Crippen LogP contribution in [0.1, 0.15) is 53.8 Å². The molecule has 0 aromatic carbocycles. The molecule has 1 N–H and O–H groups in total. The molecular formula is C22H23F3N6O2. The molecule has 3 aromatic rings. The zero-order chi connectivity index (χ0) is 23.5. The Balaban J connectivity index is 1.62. The fraction of sp³-hybridized carbons (Fsp3) is 0.409. The van der Waals surface area contributed by atoms with Gasteiger partial charge in [-0.25, -0.2) is 9.67 Å². The second kappa shape index (κ2) is 9.16. The fourth-order valence-electron chi connectivity index (χ4n) is 4.18. The lowest BCUT2D eigenvalue weighted by Crippen LogP contribution is -2.43. The summed E-state index contributed by atoms with van der Waals surface area (Å²) in [5.74, 6) is -0.849. The summed E-state index contributed by atoms with van der Waals surface area (Å²) >= 11 is 0. The lowest BCUT2D eigenvalue weighted by Gasteiger charge is -2.37. The highest BCUT2D eigenvalue weighted by atomic mass is 19.4. The van der Waals surface area contributed by atoms with Gasteiger partial charge >= 0.3 is 6.18 Å².